The van der Waals surface area contributed by atoms with E-state index in [0.29, 0.717) is 5.82 Å². The fraction of sp³-hybridized carbons (Fsp3) is 0.250. The highest BCUT2D eigenvalue weighted by atomic mass is 16.3. The lowest BCUT2D eigenvalue weighted by Gasteiger charge is -2.18. The van der Waals surface area contributed by atoms with Gasteiger partial charge in [0, 0.05) is 31.8 Å². The second-order valence-corrected chi connectivity index (χ2v) is 5.27. The van der Waals surface area contributed by atoms with Crippen LogP contribution in [0.5, 0.6) is 0 Å². The molecule has 0 radical (unpaired) electrons. The number of benzene rings is 1. The zero-order valence-corrected chi connectivity index (χ0v) is 12.5. The summed E-state index contributed by atoms with van der Waals surface area (Å²) >= 11 is 0. The van der Waals surface area contributed by atoms with E-state index < -0.39 is 0 Å². The highest BCUT2D eigenvalue weighted by Gasteiger charge is 2.07. The van der Waals surface area contributed by atoms with Gasteiger partial charge in [0.1, 0.15) is 5.82 Å². The van der Waals surface area contributed by atoms with Gasteiger partial charge in [-0.1, -0.05) is 6.07 Å². The molecule has 0 saturated carbocycles. The van der Waals surface area contributed by atoms with Gasteiger partial charge < -0.3 is 15.7 Å². The molecule has 0 spiro atoms. The normalized spacial score (nSPS) is 11.0. The number of nitrogens with two attached hydrogens (primary N) is 1. The maximum absolute atomic E-state index is 8.93. The summed E-state index contributed by atoms with van der Waals surface area (Å²) < 4.78 is 0. The van der Waals surface area contributed by atoms with Gasteiger partial charge in [-0.25, -0.2) is 4.98 Å². The molecule has 3 aromatic rings. The van der Waals surface area contributed by atoms with Gasteiger partial charge in [-0.15, -0.1) is 0 Å². The van der Waals surface area contributed by atoms with Crippen molar-refractivity contribution in [3.63, 3.8) is 0 Å². The van der Waals surface area contributed by atoms with Crippen molar-refractivity contribution in [2.45, 2.75) is 6.42 Å². The lowest BCUT2D eigenvalue weighted by atomic mass is 10.0. The van der Waals surface area contributed by atoms with Gasteiger partial charge in [0.15, 0.2) is 5.82 Å². The van der Waals surface area contributed by atoms with Crippen LogP contribution in [0.25, 0.3) is 22.0 Å². The second-order valence-electron chi connectivity index (χ2n) is 5.27. The molecule has 0 amide bonds. The zero-order valence-electron chi connectivity index (χ0n) is 12.5. The average molecular weight is 297 g/mol. The molecule has 0 aliphatic heterocycles. The Morgan fingerprint density at radius 3 is 2.86 bits per heavy atom. The van der Waals surface area contributed by atoms with E-state index in [4.69, 9.17) is 10.8 Å². The van der Waals surface area contributed by atoms with Crippen molar-refractivity contribution >= 4 is 22.5 Å². The molecule has 1 aromatic carbocycles. The minimum absolute atomic E-state index is 0.181. The summed E-state index contributed by atoms with van der Waals surface area (Å²) in [6, 6.07) is 10.0. The van der Waals surface area contributed by atoms with Gasteiger partial charge in [-0.05, 0) is 41.8 Å². The number of hydrogen-bond acceptors (Lipinski definition) is 5. The molecule has 2 heterocycles. The third-order valence-corrected chi connectivity index (χ3v) is 3.71. The standard InChI is InChI=1S/C16H19N5O/c1-21(7-2-8-22)15-10-12(5-6-18-15)11-3-4-14-13(9-11)16(17)20-19-14/h3-6,9-10,22H,2,7-8H2,1H3,(H3,17,19,20). The molecule has 6 nitrogen and oxygen atoms in total. The lowest BCUT2D eigenvalue weighted by Crippen LogP contribution is -2.20. The number of H-pyrrole nitrogens is 1. The van der Waals surface area contributed by atoms with Gasteiger partial charge >= 0.3 is 0 Å². The Balaban J connectivity index is 1.94. The van der Waals surface area contributed by atoms with Crippen LogP contribution in [0.15, 0.2) is 36.5 Å². The summed E-state index contributed by atoms with van der Waals surface area (Å²) in [6.07, 6.45) is 2.52. The number of pyridine rings is 1. The molecule has 3 rings (SSSR count). The van der Waals surface area contributed by atoms with Crippen LogP contribution in [-0.2, 0) is 0 Å². The summed E-state index contributed by atoms with van der Waals surface area (Å²) in [5, 5.41) is 16.8. The van der Waals surface area contributed by atoms with E-state index in [2.05, 4.69) is 15.2 Å². The van der Waals surface area contributed by atoms with E-state index in [1.165, 1.54) is 0 Å². The van der Waals surface area contributed by atoms with Crippen molar-refractivity contribution < 1.29 is 5.11 Å². The molecule has 22 heavy (non-hydrogen) atoms. The largest absolute Gasteiger partial charge is 0.396 e. The summed E-state index contributed by atoms with van der Waals surface area (Å²) in [7, 11) is 1.97. The Kier molecular flexibility index (Phi) is 3.93. The molecule has 0 aliphatic rings. The van der Waals surface area contributed by atoms with E-state index >= 15 is 0 Å². The Morgan fingerprint density at radius 2 is 2.05 bits per heavy atom. The third kappa shape index (κ3) is 2.73. The highest BCUT2D eigenvalue weighted by Crippen LogP contribution is 2.27. The van der Waals surface area contributed by atoms with Crippen LogP contribution >= 0.6 is 0 Å². The van der Waals surface area contributed by atoms with Gasteiger partial charge in [0.05, 0.1) is 5.52 Å². The minimum atomic E-state index is 0.181. The van der Waals surface area contributed by atoms with E-state index in [0.717, 1.165) is 40.8 Å². The number of nitrogens with one attached hydrogen (secondary N) is 1. The molecule has 4 N–H and O–H groups in total. The number of hydrogen-bond donors (Lipinski definition) is 3. The molecular formula is C16H19N5O. The van der Waals surface area contributed by atoms with Crippen molar-refractivity contribution in [2.75, 3.05) is 30.8 Å². The van der Waals surface area contributed by atoms with Crippen LogP contribution in [0, 0.1) is 0 Å². The first-order chi connectivity index (χ1) is 10.7. The maximum Gasteiger partial charge on any atom is 0.153 e. The molecule has 0 aliphatic carbocycles. The van der Waals surface area contributed by atoms with E-state index in [1.807, 2.05) is 42.3 Å². The minimum Gasteiger partial charge on any atom is -0.396 e. The van der Waals surface area contributed by atoms with Gasteiger partial charge in [0.2, 0.25) is 0 Å². The predicted molar refractivity (Wildman–Crippen MR) is 88.7 cm³/mol. The van der Waals surface area contributed by atoms with E-state index in [9.17, 15) is 0 Å². The first-order valence-corrected chi connectivity index (χ1v) is 7.21. The van der Waals surface area contributed by atoms with Crippen molar-refractivity contribution in [2.24, 2.45) is 0 Å². The number of rotatable bonds is 5. The number of aromatic nitrogens is 3. The molecule has 6 heteroatoms. The van der Waals surface area contributed by atoms with Crippen molar-refractivity contribution in [1.29, 1.82) is 0 Å². The Bertz CT molecular complexity index is 783. The third-order valence-electron chi connectivity index (χ3n) is 3.71. The van der Waals surface area contributed by atoms with Crippen molar-refractivity contribution in [1.82, 2.24) is 15.2 Å². The lowest BCUT2D eigenvalue weighted by molar-refractivity contribution is 0.290. The van der Waals surface area contributed by atoms with Crippen LogP contribution in [0.2, 0.25) is 0 Å². The molecule has 0 atom stereocenters. The van der Waals surface area contributed by atoms with Gasteiger partial charge in [-0.2, -0.15) is 5.10 Å². The van der Waals surface area contributed by atoms with Crippen molar-refractivity contribution in [3.05, 3.63) is 36.5 Å². The van der Waals surface area contributed by atoms with Gasteiger partial charge in [-0.3, -0.25) is 5.10 Å². The molecule has 0 fully saturated rings. The maximum atomic E-state index is 8.93. The fourth-order valence-corrected chi connectivity index (χ4v) is 2.44. The molecule has 0 saturated heterocycles. The predicted octanol–water partition coefficient (Wildman–Crippen LogP) is 2.03. The number of aromatic amines is 1. The second kappa shape index (κ2) is 6.03. The van der Waals surface area contributed by atoms with Crippen molar-refractivity contribution in [3.8, 4) is 11.1 Å². The average Bonchev–Trinajstić information content (AvgIpc) is 2.93. The number of aliphatic hydroxyl groups is 1. The number of nitrogen functional groups attached to an aromatic ring is 1. The fourth-order valence-electron chi connectivity index (χ4n) is 2.44. The smallest absolute Gasteiger partial charge is 0.153 e. The zero-order chi connectivity index (χ0) is 15.5. The summed E-state index contributed by atoms with van der Waals surface area (Å²) in [6.45, 7) is 0.946. The molecule has 0 bridgehead atoms. The molecule has 2 aromatic heterocycles. The molecule has 0 unspecified atom stereocenters. The summed E-state index contributed by atoms with van der Waals surface area (Å²) in [5.74, 6) is 1.39. The first-order valence-electron chi connectivity index (χ1n) is 7.21. The highest BCUT2D eigenvalue weighted by molar-refractivity contribution is 5.92. The van der Waals surface area contributed by atoms with Crippen LogP contribution in [0.1, 0.15) is 6.42 Å². The number of anilines is 2. The van der Waals surface area contributed by atoms with Crippen LogP contribution in [0.4, 0.5) is 11.6 Å². The number of nitrogens with zero attached hydrogens (tertiary/aromatic N) is 3. The van der Waals surface area contributed by atoms with Crippen LogP contribution in [-0.4, -0.2) is 40.5 Å². The van der Waals surface area contributed by atoms with Crippen LogP contribution < -0.4 is 10.6 Å². The monoisotopic (exact) mass is 297 g/mol. The summed E-state index contributed by atoms with van der Waals surface area (Å²) in [5.41, 5.74) is 8.94. The number of fused-ring (bicyclic) bond motifs is 1. The van der Waals surface area contributed by atoms with E-state index in [1.54, 1.807) is 6.20 Å². The molecule has 114 valence electrons. The van der Waals surface area contributed by atoms with E-state index in [-0.39, 0.29) is 6.61 Å². The SMILES string of the molecule is CN(CCCO)c1cc(-c2ccc3[nH]nc(N)c3c2)ccn1. The Morgan fingerprint density at radius 1 is 1.23 bits per heavy atom. The topological polar surface area (TPSA) is 91.1 Å². The quantitative estimate of drug-likeness (QED) is 0.670. The van der Waals surface area contributed by atoms with Crippen LogP contribution in [0.3, 0.4) is 0 Å². The number of aliphatic hydroxyl groups excluding tert-OH is 1. The Labute approximate surface area is 128 Å². The molecular weight excluding hydrogens is 278 g/mol. The first kappa shape index (κ1) is 14.3. The summed E-state index contributed by atoms with van der Waals surface area (Å²) in [4.78, 5) is 6.42. The van der Waals surface area contributed by atoms with Gasteiger partial charge in [0.25, 0.3) is 0 Å². The Hall–Kier alpha value is -2.60.